The molecule has 3 rings (SSSR count). The molecule has 3 aromatic rings. The average Bonchev–Trinajstić information content (AvgIpc) is 3.16. The van der Waals surface area contributed by atoms with Gasteiger partial charge in [0.25, 0.3) is 5.91 Å². The Morgan fingerprint density at radius 1 is 1.18 bits per heavy atom. The summed E-state index contributed by atoms with van der Waals surface area (Å²) < 4.78 is 5.33. The van der Waals surface area contributed by atoms with Crippen LogP contribution in [0.5, 0.6) is 0 Å². The maximum absolute atomic E-state index is 12.9. The molecule has 0 fully saturated rings. The number of aromatic nitrogens is 2. The van der Waals surface area contributed by atoms with Crippen LogP contribution in [-0.4, -0.2) is 33.9 Å². The summed E-state index contributed by atoms with van der Waals surface area (Å²) >= 11 is 6.01. The molecule has 7 nitrogen and oxygen atoms in total. The largest absolute Gasteiger partial charge is 0.359 e. The van der Waals surface area contributed by atoms with Crippen LogP contribution in [-0.2, 0) is 11.3 Å². The molecular weight excluding hydrogens is 380 g/mol. The van der Waals surface area contributed by atoms with Gasteiger partial charge in [-0.1, -0.05) is 29.7 Å². The molecule has 0 saturated carbocycles. The van der Waals surface area contributed by atoms with Crippen LogP contribution in [0.4, 0.5) is 5.69 Å². The number of benzene rings is 1. The molecule has 2 heterocycles. The SMILES string of the molecule is CCC(=O)Nc1cc(Cl)ccc1C(=O)N(C)Cc1cc(-c2ccccn2)no1. The highest BCUT2D eigenvalue weighted by Crippen LogP contribution is 2.24. The molecule has 28 heavy (non-hydrogen) atoms. The van der Waals surface area contributed by atoms with E-state index in [-0.39, 0.29) is 18.4 Å². The van der Waals surface area contributed by atoms with Crippen LogP contribution in [0.1, 0.15) is 29.5 Å². The van der Waals surface area contributed by atoms with Gasteiger partial charge < -0.3 is 14.7 Å². The van der Waals surface area contributed by atoms with Crippen molar-refractivity contribution in [3.05, 3.63) is 65.0 Å². The first-order chi connectivity index (χ1) is 13.5. The predicted octanol–water partition coefficient (Wildman–Crippen LogP) is 4.01. The van der Waals surface area contributed by atoms with Crippen molar-refractivity contribution in [2.24, 2.45) is 0 Å². The number of hydrogen-bond donors (Lipinski definition) is 1. The minimum absolute atomic E-state index is 0.200. The van der Waals surface area contributed by atoms with Crippen molar-refractivity contribution in [1.29, 1.82) is 0 Å². The molecule has 1 aromatic carbocycles. The quantitative estimate of drug-likeness (QED) is 0.677. The fraction of sp³-hybridized carbons (Fsp3) is 0.200. The van der Waals surface area contributed by atoms with Crippen molar-refractivity contribution in [3.8, 4) is 11.4 Å². The van der Waals surface area contributed by atoms with E-state index in [0.717, 1.165) is 0 Å². The van der Waals surface area contributed by atoms with E-state index in [1.54, 1.807) is 44.4 Å². The summed E-state index contributed by atoms with van der Waals surface area (Å²) in [6.45, 7) is 1.94. The van der Waals surface area contributed by atoms with Crippen LogP contribution in [0.3, 0.4) is 0 Å². The first kappa shape index (κ1) is 19.6. The number of carbonyl (C=O) groups is 2. The highest BCUT2D eigenvalue weighted by molar-refractivity contribution is 6.31. The topological polar surface area (TPSA) is 88.3 Å². The average molecular weight is 399 g/mol. The zero-order chi connectivity index (χ0) is 20.1. The second-order valence-corrected chi connectivity index (χ2v) is 6.58. The van der Waals surface area contributed by atoms with E-state index in [4.69, 9.17) is 16.1 Å². The molecule has 0 aliphatic carbocycles. The molecule has 8 heteroatoms. The number of rotatable bonds is 6. The molecule has 0 bridgehead atoms. The van der Waals surface area contributed by atoms with Gasteiger partial charge in [-0.25, -0.2) is 0 Å². The van der Waals surface area contributed by atoms with E-state index < -0.39 is 0 Å². The number of hydrogen-bond acceptors (Lipinski definition) is 5. The third kappa shape index (κ3) is 4.55. The molecule has 0 aliphatic heterocycles. The maximum atomic E-state index is 12.9. The molecule has 0 aliphatic rings. The Morgan fingerprint density at radius 3 is 2.71 bits per heavy atom. The summed E-state index contributed by atoms with van der Waals surface area (Å²) in [6.07, 6.45) is 1.97. The number of halogens is 1. The van der Waals surface area contributed by atoms with Crippen LogP contribution in [0, 0.1) is 0 Å². The summed E-state index contributed by atoms with van der Waals surface area (Å²) in [5.74, 6) is 0.0395. The zero-order valence-corrected chi connectivity index (χ0v) is 16.2. The summed E-state index contributed by atoms with van der Waals surface area (Å²) in [4.78, 5) is 30.3. The number of pyridine rings is 1. The van der Waals surface area contributed by atoms with Gasteiger partial charge in [-0.05, 0) is 30.3 Å². The van der Waals surface area contributed by atoms with Gasteiger partial charge in [0.1, 0.15) is 5.69 Å². The van der Waals surface area contributed by atoms with Gasteiger partial charge in [-0.15, -0.1) is 0 Å². The van der Waals surface area contributed by atoms with Gasteiger partial charge in [0.15, 0.2) is 5.76 Å². The first-order valence-corrected chi connectivity index (χ1v) is 9.07. The Kier molecular flexibility index (Phi) is 6.06. The third-order valence-electron chi connectivity index (χ3n) is 4.03. The van der Waals surface area contributed by atoms with Crippen molar-refractivity contribution in [3.63, 3.8) is 0 Å². The van der Waals surface area contributed by atoms with Crippen molar-refractivity contribution >= 4 is 29.1 Å². The van der Waals surface area contributed by atoms with E-state index in [0.29, 0.717) is 39.8 Å². The lowest BCUT2D eigenvalue weighted by Gasteiger charge is -2.18. The minimum atomic E-state index is -0.279. The van der Waals surface area contributed by atoms with Crippen molar-refractivity contribution in [1.82, 2.24) is 15.0 Å². The van der Waals surface area contributed by atoms with Crippen molar-refractivity contribution in [2.75, 3.05) is 12.4 Å². The lowest BCUT2D eigenvalue weighted by molar-refractivity contribution is -0.115. The normalized spacial score (nSPS) is 10.5. The van der Waals surface area contributed by atoms with E-state index in [2.05, 4.69) is 15.5 Å². The van der Waals surface area contributed by atoms with Gasteiger partial charge in [0.05, 0.1) is 23.5 Å². The molecule has 2 aromatic heterocycles. The van der Waals surface area contributed by atoms with Gasteiger partial charge in [-0.3, -0.25) is 14.6 Å². The summed E-state index contributed by atoms with van der Waals surface area (Å²) in [6, 6.07) is 12.0. The number of anilines is 1. The standard InChI is InChI=1S/C20H19ClN4O3/c1-3-19(26)23-17-10-13(21)7-8-15(17)20(27)25(2)12-14-11-18(24-28-14)16-6-4-5-9-22-16/h4-11H,3,12H2,1-2H3,(H,23,26). The van der Waals surface area contributed by atoms with Crippen molar-refractivity contribution < 1.29 is 14.1 Å². The Morgan fingerprint density at radius 2 is 2.00 bits per heavy atom. The summed E-state index contributed by atoms with van der Waals surface area (Å²) in [5.41, 5.74) is 2.01. The van der Waals surface area contributed by atoms with Crippen LogP contribution in [0.2, 0.25) is 5.02 Å². The van der Waals surface area contributed by atoms with Gasteiger partial charge >= 0.3 is 0 Å². The minimum Gasteiger partial charge on any atom is -0.359 e. The third-order valence-corrected chi connectivity index (χ3v) is 4.27. The first-order valence-electron chi connectivity index (χ1n) is 8.69. The van der Waals surface area contributed by atoms with E-state index >= 15 is 0 Å². The highest BCUT2D eigenvalue weighted by atomic mass is 35.5. The van der Waals surface area contributed by atoms with Crippen LogP contribution < -0.4 is 5.32 Å². The van der Waals surface area contributed by atoms with E-state index in [9.17, 15) is 9.59 Å². The lowest BCUT2D eigenvalue weighted by atomic mass is 10.1. The molecule has 144 valence electrons. The van der Waals surface area contributed by atoms with Gasteiger partial charge in [-0.2, -0.15) is 0 Å². The van der Waals surface area contributed by atoms with Gasteiger partial charge in [0, 0.05) is 30.8 Å². The molecule has 0 saturated heterocycles. The fourth-order valence-corrected chi connectivity index (χ4v) is 2.75. The van der Waals surface area contributed by atoms with Crippen molar-refractivity contribution in [2.45, 2.75) is 19.9 Å². The molecule has 0 atom stereocenters. The lowest BCUT2D eigenvalue weighted by Crippen LogP contribution is -2.27. The molecule has 0 radical (unpaired) electrons. The van der Waals surface area contributed by atoms with Crippen LogP contribution in [0.25, 0.3) is 11.4 Å². The molecule has 2 amide bonds. The Hall–Kier alpha value is -3.19. The second kappa shape index (κ2) is 8.67. The van der Waals surface area contributed by atoms with E-state index in [1.807, 2.05) is 18.2 Å². The Labute approximate surface area is 167 Å². The smallest absolute Gasteiger partial charge is 0.256 e. The van der Waals surface area contributed by atoms with Crippen LogP contribution >= 0.6 is 11.6 Å². The molecule has 0 spiro atoms. The van der Waals surface area contributed by atoms with E-state index in [1.165, 1.54) is 4.90 Å². The predicted molar refractivity (Wildman–Crippen MR) is 106 cm³/mol. The summed E-state index contributed by atoms with van der Waals surface area (Å²) in [5, 5.41) is 7.14. The van der Waals surface area contributed by atoms with Gasteiger partial charge in [0.2, 0.25) is 5.91 Å². The highest BCUT2D eigenvalue weighted by Gasteiger charge is 2.19. The van der Waals surface area contributed by atoms with Crippen LogP contribution in [0.15, 0.2) is 53.2 Å². The molecule has 1 N–H and O–H groups in total. The molecular formula is C20H19ClN4O3. The number of amides is 2. The maximum Gasteiger partial charge on any atom is 0.256 e. The number of nitrogens with one attached hydrogen (secondary N) is 1. The fourth-order valence-electron chi connectivity index (χ4n) is 2.58. The Balaban J connectivity index is 1.77. The Bertz CT molecular complexity index is 988. The zero-order valence-electron chi connectivity index (χ0n) is 15.5. The monoisotopic (exact) mass is 398 g/mol. The number of nitrogens with zero attached hydrogens (tertiary/aromatic N) is 3. The summed E-state index contributed by atoms with van der Waals surface area (Å²) in [7, 11) is 1.64. The second-order valence-electron chi connectivity index (χ2n) is 6.15. The molecule has 0 unspecified atom stereocenters. The number of carbonyl (C=O) groups excluding carboxylic acids is 2.